The van der Waals surface area contributed by atoms with Gasteiger partial charge >= 0.3 is 0 Å². The van der Waals surface area contributed by atoms with E-state index in [-0.39, 0.29) is 16.1 Å². The van der Waals surface area contributed by atoms with Crippen LogP contribution >= 0.6 is 11.6 Å². The molecule has 0 amide bonds. The van der Waals surface area contributed by atoms with Gasteiger partial charge in [-0.1, -0.05) is 23.7 Å². The molecule has 2 rings (SSSR count). The quantitative estimate of drug-likeness (QED) is 0.746. The molecule has 0 aliphatic rings. The molecule has 0 saturated heterocycles. The molecule has 1 nitrogen and oxygen atoms in total. The van der Waals surface area contributed by atoms with Gasteiger partial charge in [0.15, 0.2) is 5.78 Å². The summed E-state index contributed by atoms with van der Waals surface area (Å²) in [6.45, 7) is 1.61. The van der Waals surface area contributed by atoms with E-state index < -0.39 is 17.4 Å². The SMILES string of the molecule is Cc1ccc(C(=O)c2ccc(F)cc2Cl)cc1F. The molecule has 2 aromatic rings. The van der Waals surface area contributed by atoms with Crippen molar-refractivity contribution in [3.63, 3.8) is 0 Å². The minimum atomic E-state index is -0.522. The van der Waals surface area contributed by atoms with Gasteiger partial charge in [0.05, 0.1) is 5.02 Å². The van der Waals surface area contributed by atoms with Gasteiger partial charge in [0.1, 0.15) is 11.6 Å². The van der Waals surface area contributed by atoms with Crippen LogP contribution < -0.4 is 0 Å². The number of hydrogen-bond acceptors (Lipinski definition) is 1. The van der Waals surface area contributed by atoms with Gasteiger partial charge < -0.3 is 0 Å². The summed E-state index contributed by atoms with van der Waals surface area (Å²) in [5, 5.41) is 0.0148. The topological polar surface area (TPSA) is 17.1 Å². The van der Waals surface area contributed by atoms with Gasteiger partial charge in [-0.15, -0.1) is 0 Å². The second kappa shape index (κ2) is 4.86. The molecule has 0 spiro atoms. The number of carbonyl (C=O) groups is 1. The van der Waals surface area contributed by atoms with Crippen LogP contribution in [0.1, 0.15) is 21.5 Å². The number of rotatable bonds is 2. The zero-order chi connectivity index (χ0) is 13.3. The summed E-state index contributed by atoms with van der Waals surface area (Å²) in [6.07, 6.45) is 0. The molecule has 0 radical (unpaired) electrons. The number of hydrogen-bond donors (Lipinski definition) is 0. The smallest absolute Gasteiger partial charge is 0.194 e. The zero-order valence-electron chi connectivity index (χ0n) is 9.51. The highest BCUT2D eigenvalue weighted by Gasteiger charge is 2.14. The van der Waals surface area contributed by atoms with Gasteiger partial charge in [-0.2, -0.15) is 0 Å². The fourth-order valence-electron chi connectivity index (χ4n) is 1.56. The summed E-state index contributed by atoms with van der Waals surface area (Å²) in [4.78, 5) is 12.1. The highest BCUT2D eigenvalue weighted by Crippen LogP contribution is 2.21. The minimum Gasteiger partial charge on any atom is -0.289 e. The average molecular weight is 267 g/mol. The van der Waals surface area contributed by atoms with Crippen molar-refractivity contribution in [3.05, 3.63) is 69.7 Å². The van der Waals surface area contributed by atoms with E-state index in [4.69, 9.17) is 11.6 Å². The second-order valence-electron chi connectivity index (χ2n) is 3.92. The van der Waals surface area contributed by atoms with Crippen LogP contribution in [0.4, 0.5) is 8.78 Å². The lowest BCUT2D eigenvalue weighted by atomic mass is 10.0. The first-order valence-corrected chi connectivity index (χ1v) is 5.63. The first kappa shape index (κ1) is 12.7. The van der Waals surface area contributed by atoms with Crippen molar-refractivity contribution in [2.75, 3.05) is 0 Å². The Kier molecular flexibility index (Phi) is 3.43. The van der Waals surface area contributed by atoms with Crippen molar-refractivity contribution in [1.82, 2.24) is 0 Å². The molecule has 18 heavy (non-hydrogen) atoms. The summed E-state index contributed by atoms with van der Waals surface area (Å²) in [7, 11) is 0. The van der Waals surface area contributed by atoms with E-state index in [0.717, 1.165) is 18.2 Å². The molecule has 0 aliphatic heterocycles. The summed E-state index contributed by atoms with van der Waals surface area (Å²) >= 11 is 5.79. The number of halogens is 3. The van der Waals surface area contributed by atoms with E-state index in [9.17, 15) is 13.6 Å². The first-order chi connectivity index (χ1) is 8.49. The lowest BCUT2D eigenvalue weighted by molar-refractivity contribution is 0.103. The molecule has 0 atom stereocenters. The highest BCUT2D eigenvalue weighted by atomic mass is 35.5. The number of carbonyl (C=O) groups excluding carboxylic acids is 1. The Balaban J connectivity index is 2.44. The third-order valence-electron chi connectivity index (χ3n) is 2.61. The molecule has 0 fully saturated rings. The van der Waals surface area contributed by atoms with Gasteiger partial charge in [-0.25, -0.2) is 8.78 Å². The predicted molar refractivity (Wildman–Crippen MR) is 66.0 cm³/mol. The van der Waals surface area contributed by atoms with Crippen molar-refractivity contribution < 1.29 is 13.6 Å². The van der Waals surface area contributed by atoms with Crippen molar-refractivity contribution in [2.24, 2.45) is 0 Å². The third kappa shape index (κ3) is 2.41. The number of ketones is 1. The van der Waals surface area contributed by atoms with Crippen molar-refractivity contribution in [1.29, 1.82) is 0 Å². The fourth-order valence-corrected chi connectivity index (χ4v) is 1.82. The molecule has 0 heterocycles. The number of aryl methyl sites for hydroxylation is 1. The maximum Gasteiger partial charge on any atom is 0.194 e. The van der Waals surface area contributed by atoms with E-state index in [1.807, 2.05) is 0 Å². The van der Waals surface area contributed by atoms with E-state index in [0.29, 0.717) is 5.56 Å². The highest BCUT2D eigenvalue weighted by molar-refractivity contribution is 6.35. The van der Waals surface area contributed by atoms with E-state index >= 15 is 0 Å². The van der Waals surface area contributed by atoms with Crippen LogP contribution in [0.5, 0.6) is 0 Å². The molecule has 0 N–H and O–H groups in total. The largest absolute Gasteiger partial charge is 0.289 e. The van der Waals surface area contributed by atoms with Gasteiger partial charge in [-0.05, 0) is 36.8 Å². The monoisotopic (exact) mass is 266 g/mol. The summed E-state index contributed by atoms with van der Waals surface area (Å²) < 4.78 is 26.2. The van der Waals surface area contributed by atoms with Crippen LogP contribution in [0, 0.1) is 18.6 Å². The van der Waals surface area contributed by atoms with Crippen molar-refractivity contribution in [3.8, 4) is 0 Å². The van der Waals surface area contributed by atoms with E-state index in [1.54, 1.807) is 6.92 Å². The van der Waals surface area contributed by atoms with Crippen molar-refractivity contribution >= 4 is 17.4 Å². The molecule has 2 aromatic carbocycles. The molecule has 0 saturated carbocycles. The normalized spacial score (nSPS) is 10.4. The standard InChI is InChI=1S/C14H9ClF2O/c1-8-2-3-9(6-13(8)17)14(18)11-5-4-10(16)7-12(11)15/h2-7H,1H3. The predicted octanol–water partition coefficient (Wildman–Crippen LogP) is 4.16. The van der Waals surface area contributed by atoms with Gasteiger partial charge in [0.2, 0.25) is 0 Å². The molecule has 4 heteroatoms. The fraction of sp³-hybridized carbons (Fsp3) is 0.0714. The van der Waals surface area contributed by atoms with E-state index in [1.165, 1.54) is 18.2 Å². The summed E-state index contributed by atoms with van der Waals surface area (Å²) in [6, 6.07) is 7.67. The van der Waals surface area contributed by atoms with Crippen LogP contribution in [0.3, 0.4) is 0 Å². The molecule has 0 aromatic heterocycles. The van der Waals surface area contributed by atoms with Crippen LogP contribution in [-0.4, -0.2) is 5.78 Å². The Morgan fingerprint density at radius 1 is 1.11 bits per heavy atom. The molecule has 0 unspecified atom stereocenters. The van der Waals surface area contributed by atoms with Gasteiger partial charge in [0.25, 0.3) is 0 Å². The van der Waals surface area contributed by atoms with E-state index in [2.05, 4.69) is 0 Å². The molecular formula is C14H9ClF2O. The van der Waals surface area contributed by atoms with Crippen LogP contribution in [0.2, 0.25) is 5.02 Å². The Bertz CT molecular complexity index is 623. The van der Waals surface area contributed by atoms with Gasteiger partial charge in [-0.3, -0.25) is 4.79 Å². The van der Waals surface area contributed by atoms with Crippen molar-refractivity contribution in [2.45, 2.75) is 6.92 Å². The summed E-state index contributed by atoms with van der Waals surface area (Å²) in [5.41, 5.74) is 0.796. The van der Waals surface area contributed by atoms with Gasteiger partial charge in [0, 0.05) is 11.1 Å². The maximum absolute atomic E-state index is 13.4. The van der Waals surface area contributed by atoms with Crippen LogP contribution in [-0.2, 0) is 0 Å². The first-order valence-electron chi connectivity index (χ1n) is 5.25. The number of benzene rings is 2. The second-order valence-corrected chi connectivity index (χ2v) is 4.32. The molecular weight excluding hydrogens is 258 g/mol. The minimum absolute atomic E-state index is 0.0148. The lowest BCUT2D eigenvalue weighted by Crippen LogP contribution is -2.03. The van der Waals surface area contributed by atoms with Crippen LogP contribution in [0.15, 0.2) is 36.4 Å². The Labute approximate surface area is 108 Å². The Hall–Kier alpha value is -1.74. The maximum atomic E-state index is 13.4. The Morgan fingerprint density at radius 3 is 2.44 bits per heavy atom. The molecule has 0 bridgehead atoms. The lowest BCUT2D eigenvalue weighted by Gasteiger charge is -2.05. The molecule has 92 valence electrons. The molecule has 0 aliphatic carbocycles. The zero-order valence-corrected chi connectivity index (χ0v) is 10.3. The van der Waals surface area contributed by atoms with Crippen LogP contribution in [0.25, 0.3) is 0 Å². The Morgan fingerprint density at radius 2 is 1.83 bits per heavy atom. The summed E-state index contributed by atoms with van der Waals surface area (Å²) in [5.74, 6) is -1.41. The third-order valence-corrected chi connectivity index (χ3v) is 2.92. The average Bonchev–Trinajstić information content (AvgIpc) is 2.32.